The van der Waals surface area contributed by atoms with Gasteiger partial charge in [-0.25, -0.2) is 4.98 Å². The number of carbonyl (C=O) groups is 1. The lowest BCUT2D eigenvalue weighted by atomic mass is 10.2. The van der Waals surface area contributed by atoms with Gasteiger partial charge < -0.3 is 20.4 Å². The van der Waals surface area contributed by atoms with Gasteiger partial charge >= 0.3 is 0 Å². The standard InChI is InChI=1S/C21H34N6O/c1-3-20(28)27-13-10-18(16-27)25-21(22-2)24-15-17-8-9-19(23-14-17)26-11-6-4-5-7-12-26/h8-9,14,18H,3-7,10-13,15-16H2,1-2H3,(H2,22,24,25). The van der Waals surface area contributed by atoms with Crippen molar-refractivity contribution in [2.75, 3.05) is 38.1 Å². The van der Waals surface area contributed by atoms with Gasteiger partial charge in [-0.05, 0) is 30.9 Å². The van der Waals surface area contributed by atoms with Gasteiger partial charge in [0.15, 0.2) is 5.96 Å². The van der Waals surface area contributed by atoms with Crippen LogP contribution in [-0.4, -0.2) is 61.0 Å². The highest BCUT2D eigenvalue weighted by molar-refractivity contribution is 5.80. The minimum absolute atomic E-state index is 0.225. The zero-order valence-electron chi connectivity index (χ0n) is 17.3. The number of aliphatic imine (C=N–C) groups is 1. The maximum Gasteiger partial charge on any atom is 0.222 e. The predicted octanol–water partition coefficient (Wildman–Crippen LogP) is 2.14. The van der Waals surface area contributed by atoms with Gasteiger partial charge in [0.1, 0.15) is 5.82 Å². The lowest BCUT2D eigenvalue weighted by Crippen LogP contribution is -2.44. The Kier molecular flexibility index (Phi) is 7.51. The fourth-order valence-electron chi connectivity index (χ4n) is 3.91. The maximum absolute atomic E-state index is 11.8. The molecule has 0 aliphatic carbocycles. The van der Waals surface area contributed by atoms with E-state index in [9.17, 15) is 4.79 Å². The molecule has 0 spiro atoms. The van der Waals surface area contributed by atoms with Crippen LogP contribution in [0.25, 0.3) is 0 Å². The Balaban J connectivity index is 1.46. The number of aromatic nitrogens is 1. The Bertz CT molecular complexity index is 651. The van der Waals surface area contributed by atoms with Crippen molar-refractivity contribution in [3.05, 3.63) is 23.9 Å². The Morgan fingerprint density at radius 3 is 2.64 bits per heavy atom. The van der Waals surface area contributed by atoms with E-state index in [0.717, 1.165) is 49.9 Å². The average molecular weight is 387 g/mol. The van der Waals surface area contributed by atoms with E-state index in [-0.39, 0.29) is 11.9 Å². The minimum Gasteiger partial charge on any atom is -0.357 e. The molecule has 0 radical (unpaired) electrons. The summed E-state index contributed by atoms with van der Waals surface area (Å²) in [5, 5.41) is 6.79. The van der Waals surface area contributed by atoms with E-state index in [1.165, 1.54) is 25.7 Å². The number of rotatable bonds is 5. The van der Waals surface area contributed by atoms with Crippen molar-refractivity contribution in [2.24, 2.45) is 4.99 Å². The molecule has 1 amide bonds. The first-order chi connectivity index (χ1) is 13.7. The van der Waals surface area contributed by atoms with Gasteiger partial charge in [0.25, 0.3) is 0 Å². The Morgan fingerprint density at radius 1 is 1.21 bits per heavy atom. The highest BCUT2D eigenvalue weighted by Crippen LogP contribution is 2.17. The smallest absolute Gasteiger partial charge is 0.222 e. The molecule has 0 saturated carbocycles. The van der Waals surface area contributed by atoms with Crippen LogP contribution in [0.5, 0.6) is 0 Å². The molecule has 7 nitrogen and oxygen atoms in total. The third-order valence-electron chi connectivity index (χ3n) is 5.61. The predicted molar refractivity (Wildman–Crippen MR) is 114 cm³/mol. The number of pyridine rings is 1. The Hall–Kier alpha value is -2.31. The number of hydrogen-bond acceptors (Lipinski definition) is 4. The normalized spacial score (nSPS) is 20.8. The third-order valence-corrected chi connectivity index (χ3v) is 5.61. The summed E-state index contributed by atoms with van der Waals surface area (Å²) < 4.78 is 0. The fraction of sp³-hybridized carbons (Fsp3) is 0.667. The lowest BCUT2D eigenvalue weighted by Gasteiger charge is -2.21. The van der Waals surface area contributed by atoms with E-state index in [4.69, 9.17) is 0 Å². The van der Waals surface area contributed by atoms with E-state index < -0.39 is 0 Å². The molecule has 28 heavy (non-hydrogen) atoms. The molecule has 2 saturated heterocycles. The van der Waals surface area contributed by atoms with Crippen molar-refractivity contribution in [2.45, 2.75) is 58.0 Å². The van der Waals surface area contributed by atoms with Crippen molar-refractivity contribution in [3.8, 4) is 0 Å². The van der Waals surface area contributed by atoms with Crippen LogP contribution in [0.1, 0.15) is 51.0 Å². The van der Waals surface area contributed by atoms with Crippen LogP contribution >= 0.6 is 0 Å². The molecule has 2 aliphatic heterocycles. The molecule has 2 aliphatic rings. The zero-order valence-corrected chi connectivity index (χ0v) is 17.3. The number of carbonyl (C=O) groups excluding carboxylic acids is 1. The molecule has 3 rings (SSSR count). The number of guanidine groups is 1. The summed E-state index contributed by atoms with van der Waals surface area (Å²) >= 11 is 0. The number of nitrogens with zero attached hydrogens (tertiary/aromatic N) is 4. The monoisotopic (exact) mass is 386 g/mol. The van der Waals surface area contributed by atoms with Crippen molar-refractivity contribution in [1.29, 1.82) is 0 Å². The molecule has 1 unspecified atom stereocenters. The average Bonchev–Trinajstić information content (AvgIpc) is 3.03. The van der Waals surface area contributed by atoms with Crippen molar-refractivity contribution >= 4 is 17.7 Å². The molecule has 7 heteroatoms. The van der Waals surface area contributed by atoms with Gasteiger partial charge in [0.05, 0.1) is 0 Å². The van der Waals surface area contributed by atoms with E-state index in [0.29, 0.717) is 13.0 Å². The van der Waals surface area contributed by atoms with Gasteiger partial charge in [0, 0.05) is 58.4 Å². The van der Waals surface area contributed by atoms with Gasteiger partial charge in [-0.1, -0.05) is 25.8 Å². The Morgan fingerprint density at radius 2 is 2.00 bits per heavy atom. The summed E-state index contributed by atoms with van der Waals surface area (Å²) in [5.41, 5.74) is 1.13. The molecule has 1 aromatic rings. The van der Waals surface area contributed by atoms with Crippen LogP contribution in [0.15, 0.2) is 23.3 Å². The van der Waals surface area contributed by atoms with Crippen molar-refractivity contribution in [1.82, 2.24) is 20.5 Å². The molecule has 154 valence electrons. The first-order valence-corrected chi connectivity index (χ1v) is 10.6. The summed E-state index contributed by atoms with van der Waals surface area (Å²) in [7, 11) is 1.78. The second-order valence-corrected chi connectivity index (χ2v) is 7.67. The van der Waals surface area contributed by atoms with Crippen LogP contribution in [0.4, 0.5) is 5.82 Å². The summed E-state index contributed by atoms with van der Waals surface area (Å²) in [6, 6.07) is 4.53. The molecule has 1 aromatic heterocycles. The summed E-state index contributed by atoms with van der Waals surface area (Å²) in [5.74, 6) is 2.08. The quantitative estimate of drug-likeness (QED) is 0.599. The molecule has 2 fully saturated rings. The molecular weight excluding hydrogens is 352 g/mol. The number of hydrogen-bond donors (Lipinski definition) is 2. The second kappa shape index (κ2) is 10.3. The third kappa shape index (κ3) is 5.59. The molecule has 2 N–H and O–H groups in total. The summed E-state index contributed by atoms with van der Waals surface area (Å²) in [6.45, 7) is 6.38. The van der Waals surface area contributed by atoms with Gasteiger partial charge in [0.2, 0.25) is 5.91 Å². The highest BCUT2D eigenvalue weighted by atomic mass is 16.2. The molecule has 0 aromatic carbocycles. The zero-order chi connectivity index (χ0) is 19.8. The molecule has 1 atom stereocenters. The molecular formula is C21H34N6O. The van der Waals surface area contributed by atoms with Crippen LogP contribution < -0.4 is 15.5 Å². The minimum atomic E-state index is 0.225. The largest absolute Gasteiger partial charge is 0.357 e. The van der Waals surface area contributed by atoms with Gasteiger partial charge in [-0.3, -0.25) is 9.79 Å². The fourth-order valence-corrected chi connectivity index (χ4v) is 3.91. The van der Waals surface area contributed by atoms with Crippen molar-refractivity contribution < 1.29 is 4.79 Å². The second-order valence-electron chi connectivity index (χ2n) is 7.67. The lowest BCUT2D eigenvalue weighted by molar-refractivity contribution is -0.129. The maximum atomic E-state index is 11.8. The van der Waals surface area contributed by atoms with E-state index >= 15 is 0 Å². The van der Waals surface area contributed by atoms with E-state index in [2.05, 4.69) is 37.6 Å². The van der Waals surface area contributed by atoms with Gasteiger partial charge in [-0.15, -0.1) is 0 Å². The van der Waals surface area contributed by atoms with Gasteiger partial charge in [-0.2, -0.15) is 0 Å². The van der Waals surface area contributed by atoms with E-state index in [1.807, 2.05) is 18.0 Å². The molecule has 3 heterocycles. The van der Waals surface area contributed by atoms with Crippen LogP contribution in [0.3, 0.4) is 0 Å². The van der Waals surface area contributed by atoms with E-state index in [1.54, 1.807) is 7.05 Å². The van der Waals surface area contributed by atoms with Crippen LogP contribution in [0, 0.1) is 0 Å². The SMILES string of the molecule is CCC(=O)N1CCC(NC(=NC)NCc2ccc(N3CCCCCC3)nc2)C1. The first-order valence-electron chi connectivity index (χ1n) is 10.6. The first kappa shape index (κ1) is 20.4. The topological polar surface area (TPSA) is 72.9 Å². The van der Waals surface area contributed by atoms with Crippen LogP contribution in [0.2, 0.25) is 0 Å². The summed E-state index contributed by atoms with van der Waals surface area (Å²) in [4.78, 5) is 25.1. The highest BCUT2D eigenvalue weighted by Gasteiger charge is 2.25. The number of likely N-dealkylation sites (tertiary alicyclic amines) is 1. The summed E-state index contributed by atoms with van der Waals surface area (Å²) in [6.07, 6.45) is 8.66. The number of nitrogens with one attached hydrogen (secondary N) is 2. The van der Waals surface area contributed by atoms with Crippen molar-refractivity contribution in [3.63, 3.8) is 0 Å². The van der Waals surface area contributed by atoms with Crippen LogP contribution in [-0.2, 0) is 11.3 Å². The molecule has 0 bridgehead atoms. The number of amides is 1. The Labute approximate surface area is 168 Å². The number of anilines is 1.